The van der Waals surface area contributed by atoms with Gasteiger partial charge in [0.15, 0.2) is 0 Å². The van der Waals surface area contributed by atoms with E-state index in [1.807, 2.05) is 0 Å². The van der Waals surface area contributed by atoms with Crippen LogP contribution in [0.2, 0.25) is 10.2 Å². The number of nitrogens with zero attached hydrogens (tertiary/aromatic N) is 2. The van der Waals surface area contributed by atoms with Gasteiger partial charge in [-0.05, 0) is 12.1 Å². The van der Waals surface area contributed by atoms with Crippen LogP contribution in [0.5, 0.6) is 0 Å². The normalized spacial score (nSPS) is 21.1. The van der Waals surface area contributed by atoms with Gasteiger partial charge in [-0.1, -0.05) is 39.1 Å². The minimum absolute atomic E-state index is 0.0303. The third-order valence-corrected chi connectivity index (χ3v) is 3.12. The van der Waals surface area contributed by atoms with Crippen molar-refractivity contribution in [3.8, 4) is 0 Å². The highest BCUT2D eigenvalue weighted by Gasteiger charge is 2.29. The molecule has 0 radical (unpaired) electrons. The molecule has 0 saturated carbocycles. The number of anilines is 1. The predicted molar refractivity (Wildman–Crippen MR) is 63.9 cm³/mol. The first-order valence-electron chi connectivity index (χ1n) is 4.34. The first-order chi connectivity index (χ1) is 7.06. The van der Waals surface area contributed by atoms with Gasteiger partial charge in [-0.3, -0.25) is 9.69 Å². The van der Waals surface area contributed by atoms with Crippen LogP contribution in [0, 0.1) is 0 Å². The molecule has 1 aliphatic rings. The molecule has 1 amide bonds. The van der Waals surface area contributed by atoms with Crippen molar-refractivity contribution in [1.29, 1.82) is 0 Å². The lowest BCUT2D eigenvalue weighted by Gasteiger charge is -2.14. The molecule has 15 heavy (non-hydrogen) atoms. The monoisotopic (exact) mass is 308 g/mol. The van der Waals surface area contributed by atoms with Crippen LogP contribution in [-0.2, 0) is 4.79 Å². The van der Waals surface area contributed by atoms with Crippen LogP contribution in [0.4, 0.5) is 5.82 Å². The number of alkyl halides is 1. The molecule has 1 unspecified atom stereocenters. The molecular weight excluding hydrogens is 303 g/mol. The van der Waals surface area contributed by atoms with E-state index in [9.17, 15) is 4.79 Å². The van der Waals surface area contributed by atoms with Gasteiger partial charge in [0, 0.05) is 22.8 Å². The quantitative estimate of drug-likeness (QED) is 0.590. The van der Waals surface area contributed by atoms with Gasteiger partial charge in [0.2, 0.25) is 5.91 Å². The molecule has 1 aliphatic heterocycles. The minimum atomic E-state index is 0.0303. The van der Waals surface area contributed by atoms with Gasteiger partial charge >= 0.3 is 0 Å². The van der Waals surface area contributed by atoms with E-state index in [4.69, 9.17) is 23.2 Å². The molecule has 6 heteroatoms. The van der Waals surface area contributed by atoms with E-state index in [1.54, 1.807) is 17.0 Å². The zero-order valence-electron chi connectivity index (χ0n) is 7.58. The van der Waals surface area contributed by atoms with Crippen molar-refractivity contribution >= 4 is 50.9 Å². The number of halogens is 3. The summed E-state index contributed by atoms with van der Waals surface area (Å²) < 4.78 is 0. The Morgan fingerprint density at radius 1 is 1.47 bits per heavy atom. The van der Waals surface area contributed by atoms with Crippen molar-refractivity contribution in [3.63, 3.8) is 0 Å². The van der Waals surface area contributed by atoms with E-state index in [0.717, 1.165) is 0 Å². The van der Waals surface area contributed by atoms with E-state index >= 15 is 0 Å². The Hall–Kier alpha value is -0.320. The molecule has 0 bridgehead atoms. The summed E-state index contributed by atoms with van der Waals surface area (Å²) in [5.41, 5.74) is 0. The van der Waals surface area contributed by atoms with Crippen LogP contribution in [-0.4, -0.2) is 22.3 Å². The van der Waals surface area contributed by atoms with Crippen LogP contribution in [0.3, 0.4) is 0 Å². The van der Waals surface area contributed by atoms with Gasteiger partial charge in [0.1, 0.15) is 11.0 Å². The molecular formula is C9H7BrCl2N2O. The molecule has 0 aromatic carbocycles. The third kappa shape index (κ3) is 2.44. The number of hydrogen-bond acceptors (Lipinski definition) is 2. The van der Waals surface area contributed by atoms with Gasteiger partial charge in [0.05, 0.1) is 0 Å². The SMILES string of the molecule is O=C1CC(Br)CN1c1cc(Cl)cc(Cl)n1. The summed E-state index contributed by atoms with van der Waals surface area (Å²) in [7, 11) is 0. The number of amides is 1. The lowest BCUT2D eigenvalue weighted by atomic mass is 10.4. The lowest BCUT2D eigenvalue weighted by molar-refractivity contribution is -0.117. The van der Waals surface area contributed by atoms with Crippen molar-refractivity contribution in [2.45, 2.75) is 11.2 Å². The summed E-state index contributed by atoms with van der Waals surface area (Å²) in [5.74, 6) is 0.544. The highest BCUT2D eigenvalue weighted by atomic mass is 79.9. The fraction of sp³-hybridized carbons (Fsp3) is 0.333. The van der Waals surface area contributed by atoms with E-state index in [2.05, 4.69) is 20.9 Å². The maximum Gasteiger partial charge on any atom is 0.229 e. The Bertz CT molecular complexity index is 393. The van der Waals surface area contributed by atoms with Crippen molar-refractivity contribution in [3.05, 3.63) is 22.3 Å². The molecule has 2 heterocycles. The van der Waals surface area contributed by atoms with Crippen molar-refractivity contribution < 1.29 is 4.79 Å². The summed E-state index contributed by atoms with van der Waals surface area (Å²) in [6.07, 6.45) is 0.478. The maximum absolute atomic E-state index is 11.6. The molecule has 0 N–H and O–H groups in total. The van der Waals surface area contributed by atoms with Crippen LogP contribution >= 0.6 is 39.1 Å². The van der Waals surface area contributed by atoms with Gasteiger partial charge in [-0.25, -0.2) is 4.98 Å². The van der Waals surface area contributed by atoms with Gasteiger partial charge in [0.25, 0.3) is 0 Å². The molecule has 2 rings (SSSR count). The van der Waals surface area contributed by atoms with Crippen LogP contribution in [0.1, 0.15) is 6.42 Å². The Kier molecular flexibility index (Phi) is 3.19. The van der Waals surface area contributed by atoms with Crippen molar-refractivity contribution in [2.24, 2.45) is 0 Å². The van der Waals surface area contributed by atoms with Gasteiger partial charge in [-0.2, -0.15) is 0 Å². The molecule has 1 saturated heterocycles. The Morgan fingerprint density at radius 3 is 2.73 bits per heavy atom. The summed E-state index contributed by atoms with van der Waals surface area (Å²) in [5, 5.41) is 0.777. The zero-order valence-corrected chi connectivity index (χ0v) is 10.7. The van der Waals surface area contributed by atoms with E-state index in [1.165, 1.54) is 0 Å². The first-order valence-corrected chi connectivity index (χ1v) is 6.01. The van der Waals surface area contributed by atoms with Crippen molar-refractivity contribution in [1.82, 2.24) is 4.98 Å². The standard InChI is InChI=1S/C9H7BrCl2N2O/c10-5-1-9(15)14(4-5)8-3-6(11)2-7(12)13-8/h2-3,5H,1,4H2. The summed E-state index contributed by atoms with van der Waals surface area (Å²) >= 11 is 15.0. The molecule has 1 atom stereocenters. The minimum Gasteiger partial charge on any atom is -0.296 e. The Balaban J connectivity index is 2.33. The molecule has 80 valence electrons. The van der Waals surface area contributed by atoms with E-state index < -0.39 is 0 Å². The summed E-state index contributed by atoms with van der Waals surface area (Å²) in [4.78, 5) is 17.4. The average molecular weight is 310 g/mol. The molecule has 1 aromatic heterocycles. The number of carbonyl (C=O) groups is 1. The molecule has 0 spiro atoms. The smallest absolute Gasteiger partial charge is 0.229 e. The summed E-state index contributed by atoms with van der Waals surface area (Å²) in [6, 6.07) is 3.18. The summed E-state index contributed by atoms with van der Waals surface area (Å²) in [6.45, 7) is 0.600. The van der Waals surface area contributed by atoms with Crippen LogP contribution in [0.15, 0.2) is 12.1 Å². The second-order valence-electron chi connectivity index (χ2n) is 3.27. The maximum atomic E-state index is 11.6. The van der Waals surface area contributed by atoms with Gasteiger partial charge < -0.3 is 0 Å². The van der Waals surface area contributed by atoms with Crippen molar-refractivity contribution in [2.75, 3.05) is 11.4 Å². The largest absolute Gasteiger partial charge is 0.296 e. The fourth-order valence-corrected chi connectivity index (χ4v) is 2.50. The number of pyridine rings is 1. The Labute approximate surface area is 106 Å². The first kappa shape index (κ1) is 11.2. The fourth-order valence-electron chi connectivity index (χ4n) is 1.48. The average Bonchev–Trinajstić information content (AvgIpc) is 2.43. The second-order valence-corrected chi connectivity index (χ2v) is 5.39. The number of hydrogen-bond donors (Lipinski definition) is 0. The van der Waals surface area contributed by atoms with E-state index in [0.29, 0.717) is 29.0 Å². The zero-order chi connectivity index (χ0) is 11.0. The molecule has 1 fully saturated rings. The van der Waals surface area contributed by atoms with Crippen LogP contribution < -0.4 is 4.90 Å². The Morgan fingerprint density at radius 2 is 2.20 bits per heavy atom. The van der Waals surface area contributed by atoms with E-state index in [-0.39, 0.29) is 10.7 Å². The number of carbonyl (C=O) groups excluding carboxylic acids is 1. The molecule has 3 nitrogen and oxygen atoms in total. The third-order valence-electron chi connectivity index (χ3n) is 2.10. The van der Waals surface area contributed by atoms with Crippen LogP contribution in [0.25, 0.3) is 0 Å². The second kappa shape index (κ2) is 4.28. The number of rotatable bonds is 1. The highest BCUT2D eigenvalue weighted by Crippen LogP contribution is 2.27. The molecule has 1 aromatic rings. The highest BCUT2D eigenvalue weighted by molar-refractivity contribution is 9.09. The predicted octanol–water partition coefficient (Wildman–Crippen LogP) is 2.89. The lowest BCUT2D eigenvalue weighted by Crippen LogP contribution is -2.25. The number of aromatic nitrogens is 1. The molecule has 0 aliphatic carbocycles. The van der Waals surface area contributed by atoms with Gasteiger partial charge in [-0.15, -0.1) is 0 Å². The topological polar surface area (TPSA) is 33.2 Å².